The largest absolute Gasteiger partial charge is 0.299 e. The number of hydrogen-bond donors (Lipinski definition) is 0. The Hall–Kier alpha value is -1.81. The molecule has 2 aromatic carbocycles. The van der Waals surface area contributed by atoms with Crippen molar-refractivity contribution in [3.8, 4) is 11.1 Å². The summed E-state index contributed by atoms with van der Waals surface area (Å²) in [7, 11) is 0. The monoisotopic (exact) mass is 403 g/mol. The van der Waals surface area contributed by atoms with Gasteiger partial charge in [-0.15, -0.1) is 24.8 Å². The minimum Gasteiger partial charge on any atom is -0.299 e. The highest BCUT2D eigenvalue weighted by Crippen LogP contribution is 2.29. The predicted octanol–water partition coefficient (Wildman–Crippen LogP) is 5.54. The Balaban J connectivity index is 0.00000131. The Morgan fingerprint density at radius 2 is 1.48 bits per heavy atom. The molecule has 1 saturated heterocycles. The lowest BCUT2D eigenvalue weighted by Crippen LogP contribution is -2.34. The summed E-state index contributed by atoms with van der Waals surface area (Å²) in [5.41, 5.74) is 5.20. The molecule has 3 nitrogen and oxygen atoms in total. The fourth-order valence-corrected chi connectivity index (χ4v) is 3.86. The van der Waals surface area contributed by atoms with Gasteiger partial charge in [-0.2, -0.15) is 5.10 Å². The zero-order valence-corrected chi connectivity index (χ0v) is 17.3. The van der Waals surface area contributed by atoms with Gasteiger partial charge >= 0.3 is 0 Å². The van der Waals surface area contributed by atoms with Crippen molar-refractivity contribution in [2.75, 3.05) is 13.1 Å². The molecule has 1 aliphatic rings. The molecule has 0 radical (unpaired) electrons. The molecule has 1 fully saturated rings. The molecule has 0 spiro atoms. The molecule has 4 rings (SSSR count). The van der Waals surface area contributed by atoms with Gasteiger partial charge in [-0.25, -0.2) is 0 Å². The molecular formula is C22H27Cl2N3. The lowest BCUT2D eigenvalue weighted by atomic mass is 10.0. The Kier molecular flexibility index (Phi) is 7.91. The van der Waals surface area contributed by atoms with Crippen LogP contribution in [0.1, 0.15) is 30.1 Å². The molecular weight excluding hydrogens is 377 g/mol. The van der Waals surface area contributed by atoms with Gasteiger partial charge < -0.3 is 0 Å². The molecule has 3 aromatic rings. The maximum atomic E-state index is 4.72. The molecule has 144 valence electrons. The minimum absolute atomic E-state index is 0. The van der Waals surface area contributed by atoms with Crippen LogP contribution in [0.5, 0.6) is 0 Å². The van der Waals surface area contributed by atoms with Crippen molar-refractivity contribution in [3.63, 3.8) is 0 Å². The quantitative estimate of drug-likeness (QED) is 0.569. The van der Waals surface area contributed by atoms with Crippen LogP contribution in [0.25, 0.3) is 11.1 Å². The predicted molar refractivity (Wildman–Crippen MR) is 117 cm³/mol. The van der Waals surface area contributed by atoms with Crippen molar-refractivity contribution in [2.45, 2.75) is 32.4 Å². The number of hydrogen-bond acceptors (Lipinski definition) is 2. The van der Waals surface area contributed by atoms with Gasteiger partial charge in [0.1, 0.15) is 0 Å². The fraction of sp³-hybridized carbons (Fsp3) is 0.318. The average Bonchev–Trinajstić information content (AvgIpc) is 3.05. The molecule has 1 aliphatic heterocycles. The first-order valence-electron chi connectivity index (χ1n) is 9.17. The Morgan fingerprint density at radius 1 is 0.889 bits per heavy atom. The van der Waals surface area contributed by atoms with Crippen LogP contribution in [-0.4, -0.2) is 27.8 Å². The highest BCUT2D eigenvalue weighted by molar-refractivity contribution is 5.85. The van der Waals surface area contributed by atoms with E-state index < -0.39 is 0 Å². The molecule has 2 heterocycles. The summed E-state index contributed by atoms with van der Waals surface area (Å²) >= 11 is 0. The van der Waals surface area contributed by atoms with Crippen molar-refractivity contribution in [1.82, 2.24) is 14.7 Å². The van der Waals surface area contributed by atoms with Crippen LogP contribution in [0, 0.1) is 6.92 Å². The van der Waals surface area contributed by atoms with E-state index in [1.807, 2.05) is 6.20 Å². The van der Waals surface area contributed by atoms with E-state index in [4.69, 9.17) is 5.10 Å². The number of piperidine rings is 1. The molecule has 0 aliphatic carbocycles. The second-order valence-corrected chi connectivity index (χ2v) is 6.95. The molecule has 0 N–H and O–H groups in total. The first-order chi connectivity index (χ1) is 12.3. The first-order valence-corrected chi connectivity index (χ1v) is 9.17. The topological polar surface area (TPSA) is 21.1 Å². The van der Waals surface area contributed by atoms with Gasteiger partial charge in [0.05, 0.1) is 12.2 Å². The van der Waals surface area contributed by atoms with Crippen LogP contribution in [0.4, 0.5) is 0 Å². The number of rotatable bonds is 4. The van der Waals surface area contributed by atoms with Gasteiger partial charge in [-0.1, -0.05) is 60.7 Å². The molecule has 27 heavy (non-hydrogen) atoms. The van der Waals surface area contributed by atoms with Gasteiger partial charge in [0.2, 0.25) is 0 Å². The Bertz CT molecular complexity index is 810. The van der Waals surface area contributed by atoms with Crippen LogP contribution in [0.15, 0.2) is 66.9 Å². The van der Waals surface area contributed by atoms with Crippen LogP contribution in [-0.2, 0) is 6.54 Å². The van der Waals surface area contributed by atoms with Gasteiger partial charge in [0, 0.05) is 30.9 Å². The van der Waals surface area contributed by atoms with Crippen molar-refractivity contribution in [2.24, 2.45) is 0 Å². The third-order valence-electron chi connectivity index (χ3n) is 5.28. The van der Waals surface area contributed by atoms with Crippen molar-refractivity contribution < 1.29 is 0 Å². The second kappa shape index (κ2) is 9.93. The summed E-state index contributed by atoms with van der Waals surface area (Å²) in [5, 5.41) is 4.72. The highest BCUT2D eigenvalue weighted by atomic mass is 35.5. The molecule has 0 unspecified atom stereocenters. The number of benzene rings is 2. The molecule has 0 bridgehead atoms. The third-order valence-corrected chi connectivity index (χ3v) is 5.28. The number of likely N-dealkylation sites (tertiary alicyclic amines) is 1. The zero-order valence-electron chi connectivity index (χ0n) is 15.6. The lowest BCUT2D eigenvalue weighted by molar-refractivity contribution is 0.172. The zero-order chi connectivity index (χ0) is 17.1. The van der Waals surface area contributed by atoms with Crippen LogP contribution >= 0.6 is 24.8 Å². The molecule has 5 heteroatoms. The summed E-state index contributed by atoms with van der Waals surface area (Å²) < 4.78 is 2.25. The van der Waals surface area contributed by atoms with Crippen LogP contribution in [0.3, 0.4) is 0 Å². The molecule has 0 atom stereocenters. The molecule has 0 saturated carbocycles. The van der Waals surface area contributed by atoms with Gasteiger partial charge in [-0.3, -0.25) is 9.58 Å². The maximum absolute atomic E-state index is 4.72. The SMILES string of the molecule is Cc1c(-c2ccccc2)cnn1C1CCN(Cc2ccccc2)CC1.Cl.Cl. The normalized spacial score (nSPS) is 15.0. The van der Waals surface area contributed by atoms with E-state index in [-0.39, 0.29) is 24.8 Å². The van der Waals surface area contributed by atoms with E-state index in [1.165, 1.54) is 35.2 Å². The van der Waals surface area contributed by atoms with Gasteiger partial charge in [-0.05, 0) is 30.9 Å². The van der Waals surface area contributed by atoms with Crippen LogP contribution < -0.4 is 0 Å². The Morgan fingerprint density at radius 3 is 2.11 bits per heavy atom. The number of aromatic nitrogens is 2. The maximum Gasteiger partial charge on any atom is 0.0571 e. The van der Waals surface area contributed by atoms with E-state index in [1.54, 1.807) is 0 Å². The van der Waals surface area contributed by atoms with Crippen molar-refractivity contribution in [3.05, 3.63) is 78.1 Å². The third kappa shape index (κ3) is 4.92. The minimum atomic E-state index is 0. The summed E-state index contributed by atoms with van der Waals surface area (Å²) in [5.74, 6) is 0. The fourth-order valence-electron chi connectivity index (χ4n) is 3.86. The molecule has 0 amide bonds. The van der Waals surface area contributed by atoms with E-state index in [9.17, 15) is 0 Å². The van der Waals surface area contributed by atoms with Gasteiger partial charge in [0.25, 0.3) is 0 Å². The summed E-state index contributed by atoms with van der Waals surface area (Å²) in [6.07, 6.45) is 4.37. The van der Waals surface area contributed by atoms with Crippen molar-refractivity contribution >= 4 is 24.8 Å². The van der Waals surface area contributed by atoms with Crippen molar-refractivity contribution in [1.29, 1.82) is 0 Å². The highest BCUT2D eigenvalue weighted by Gasteiger charge is 2.23. The first kappa shape index (κ1) is 21.5. The van der Waals surface area contributed by atoms with E-state index in [0.29, 0.717) is 6.04 Å². The number of nitrogens with zero attached hydrogens (tertiary/aromatic N) is 3. The van der Waals surface area contributed by atoms with E-state index in [0.717, 1.165) is 19.6 Å². The van der Waals surface area contributed by atoms with E-state index >= 15 is 0 Å². The second-order valence-electron chi connectivity index (χ2n) is 6.95. The van der Waals surface area contributed by atoms with E-state index in [2.05, 4.69) is 77.2 Å². The number of halogens is 2. The summed E-state index contributed by atoms with van der Waals surface area (Å²) in [4.78, 5) is 2.56. The smallest absolute Gasteiger partial charge is 0.0571 e. The van der Waals surface area contributed by atoms with Gasteiger partial charge in [0.15, 0.2) is 0 Å². The Labute approximate surface area is 174 Å². The molecule has 1 aromatic heterocycles. The average molecular weight is 404 g/mol. The standard InChI is InChI=1S/C22H25N3.2ClH/c1-18-22(20-10-6-3-7-11-20)16-23-25(18)21-12-14-24(15-13-21)17-19-8-4-2-5-9-19;;/h2-11,16,21H,12-15,17H2,1H3;2*1H. The summed E-state index contributed by atoms with van der Waals surface area (Å²) in [6.45, 7) is 5.53. The summed E-state index contributed by atoms with van der Waals surface area (Å²) in [6, 6.07) is 21.9. The van der Waals surface area contributed by atoms with Crippen LogP contribution in [0.2, 0.25) is 0 Å². The lowest BCUT2D eigenvalue weighted by Gasteiger charge is -2.32.